The van der Waals surface area contributed by atoms with Crippen LogP contribution < -0.4 is 18.4 Å². The van der Waals surface area contributed by atoms with Gasteiger partial charge in [-0.25, -0.2) is 36.2 Å². The van der Waals surface area contributed by atoms with Gasteiger partial charge >= 0.3 is 29.3 Å². The SMILES string of the molecule is C=CCn1cc[n+](C)c1.CCCCn1cc[n+](C)c1.CCn1cc[n+](C)c1.CS(C)=O.FB(F)F.N#CN=C=[N-].O=S(=O)(O)C(F)(F)C(F)F.OCC(O)CO.OCCO.OCCO.[F-]. The predicted molar refractivity (Wildman–Crippen MR) is 224 cm³/mol. The molecule has 3 rings (SSSR count). The molecule has 0 aliphatic rings. The predicted octanol–water partition coefficient (Wildman–Crippen LogP) is -2.96. The van der Waals surface area contributed by atoms with Crippen LogP contribution in [-0.2, 0) is 61.7 Å². The Morgan fingerprint density at radius 1 is 0.862 bits per heavy atom. The van der Waals surface area contributed by atoms with Crippen molar-refractivity contribution in [3.05, 3.63) is 74.2 Å². The highest BCUT2D eigenvalue weighted by Crippen LogP contribution is 2.27. The van der Waals surface area contributed by atoms with Crippen LogP contribution in [0.15, 0.2) is 73.8 Å². The van der Waals surface area contributed by atoms with E-state index in [0.29, 0.717) is 0 Å². The van der Waals surface area contributed by atoms with Gasteiger partial charge in [0.15, 0.2) is 0 Å². The molecule has 20 nitrogen and oxygen atoms in total. The third-order valence-electron chi connectivity index (χ3n) is 5.27. The number of aliphatic hydroxyl groups excluding tert-OH is 7. The minimum atomic E-state index is -5.98. The van der Waals surface area contributed by atoms with E-state index in [-0.39, 0.29) is 44.3 Å². The summed E-state index contributed by atoms with van der Waals surface area (Å²) in [7, 11) is -4.20. The molecule has 0 aliphatic heterocycles. The third-order valence-corrected chi connectivity index (χ3v) is 6.13. The molecule has 0 atom stereocenters. The second-order valence-electron chi connectivity index (χ2n) is 11.2. The van der Waals surface area contributed by atoms with Crippen molar-refractivity contribution in [1.82, 2.24) is 13.7 Å². The number of nitrogens with zero attached hydrogens (tertiary/aromatic N) is 9. The molecule has 3 heterocycles. The van der Waals surface area contributed by atoms with Gasteiger partial charge in [-0.15, -0.1) is 6.01 Å². The number of unbranched alkanes of at least 4 members (excludes halogenated alkanes) is 1. The highest BCUT2D eigenvalue weighted by Gasteiger charge is 2.53. The molecule has 0 spiro atoms. The second kappa shape index (κ2) is 53.9. The van der Waals surface area contributed by atoms with Crippen LogP contribution in [0.3, 0.4) is 0 Å². The number of aryl methyl sites for hydroxylation is 5. The number of aliphatic hydroxyl groups is 7. The van der Waals surface area contributed by atoms with Crippen molar-refractivity contribution in [2.75, 3.05) is 52.2 Å². The van der Waals surface area contributed by atoms with Crippen molar-refractivity contribution in [2.45, 2.75) is 64.1 Å². The molecule has 382 valence electrons. The van der Waals surface area contributed by atoms with Crippen LogP contribution in [0.5, 0.6) is 0 Å². The van der Waals surface area contributed by atoms with Gasteiger partial charge in [0, 0.05) is 23.3 Å². The van der Waals surface area contributed by atoms with Crippen LogP contribution in [0.1, 0.15) is 26.7 Å². The monoisotopic (exact) mass is 1000 g/mol. The molecular weight excluding hydrogens is 937 g/mol. The first-order valence-corrected chi connectivity index (χ1v) is 21.4. The standard InChI is InChI=1S/C8H15N2.C7H11N2.C6H11N2.C3H8O3.C2H2F4O3S.C2N3.2C2H6O2.C2H6OS.BF3.FH/c1-3-4-5-10-7-6-9(2)8-10;1-3-4-9-6-5-8(2)7-9;1-3-8-5-4-7(2)6-8;4-1-3(6)2-5;3-1(4)2(5,6)10(7,8)9;3-1-5-2-4;2*3-1-2-4;1-4(2)3;2-1(3)4;/h6-8H,3-5H2,1-2H3;3,5-7H,1,4H2,2H3;4-6H,3H2,1-2H3;3-6H,1-2H2;1H,(H,7,8,9);;2*3-4H,1-2H2;1-2H3;;1H/q3*+1;;;-1;;;;;/p-1. The van der Waals surface area contributed by atoms with Gasteiger partial charge in [0.1, 0.15) is 49.8 Å². The van der Waals surface area contributed by atoms with Crippen LogP contribution in [0.25, 0.3) is 5.41 Å². The maximum Gasteiger partial charge on any atom is 0.762 e. The van der Waals surface area contributed by atoms with Gasteiger partial charge in [-0.05, 0) is 13.3 Å². The average molecular weight is 1000 g/mol. The Bertz CT molecular complexity index is 1690. The Morgan fingerprint density at radius 3 is 1.34 bits per heavy atom. The lowest BCUT2D eigenvalue weighted by atomic mass is 10.3. The number of nitriles is 1. The first-order valence-electron chi connectivity index (χ1n) is 17.9. The normalized spacial score (nSPS) is 9.35. The Morgan fingerprint density at radius 2 is 1.20 bits per heavy atom. The molecule has 0 aromatic carbocycles. The van der Waals surface area contributed by atoms with Gasteiger partial charge in [0.2, 0.25) is 19.0 Å². The van der Waals surface area contributed by atoms with Gasteiger partial charge in [0.05, 0.1) is 80.1 Å². The number of imidazole rings is 3. The summed E-state index contributed by atoms with van der Waals surface area (Å²) in [6.45, 7) is 9.84. The van der Waals surface area contributed by atoms with Crippen molar-refractivity contribution < 1.29 is 102 Å². The van der Waals surface area contributed by atoms with Crippen molar-refractivity contribution in [3.8, 4) is 6.19 Å². The molecule has 0 saturated carbocycles. The fourth-order valence-corrected chi connectivity index (χ4v) is 2.84. The second-order valence-corrected chi connectivity index (χ2v) is 14.2. The van der Waals surface area contributed by atoms with E-state index in [0.717, 1.165) is 19.6 Å². The molecule has 0 amide bonds. The molecule has 31 heteroatoms. The number of halogens is 8. The Hall–Kier alpha value is -4.48. The Kier molecular flexibility index (Phi) is 64.4. The Labute approximate surface area is 377 Å². The van der Waals surface area contributed by atoms with Crippen molar-refractivity contribution in [1.29, 1.82) is 5.26 Å². The lowest BCUT2D eigenvalue weighted by Crippen LogP contribution is -3.00. The summed E-state index contributed by atoms with van der Waals surface area (Å²) in [5.41, 5.74) is 0. The summed E-state index contributed by atoms with van der Waals surface area (Å²) in [5, 5.41) is 64.0. The van der Waals surface area contributed by atoms with E-state index in [1.54, 1.807) is 12.5 Å². The molecule has 0 aliphatic carbocycles. The van der Waals surface area contributed by atoms with Crippen molar-refractivity contribution >= 4 is 34.5 Å². The van der Waals surface area contributed by atoms with E-state index in [9.17, 15) is 43.1 Å². The minimum absolute atomic E-state index is 0. The summed E-state index contributed by atoms with van der Waals surface area (Å²) in [5.74, 6) is 0. The molecule has 0 fully saturated rings. The van der Waals surface area contributed by atoms with Gasteiger partial charge < -0.3 is 50.9 Å². The fraction of sp³-hybridized carbons (Fsp3) is 0.618. The van der Waals surface area contributed by atoms with E-state index in [1.807, 2.05) is 61.3 Å². The summed E-state index contributed by atoms with van der Waals surface area (Å²) in [4.78, 5) is 2.58. The first-order chi connectivity index (χ1) is 29.7. The lowest BCUT2D eigenvalue weighted by Gasteiger charge is -2.09. The van der Waals surface area contributed by atoms with Crippen LogP contribution in [0, 0.1) is 11.5 Å². The highest BCUT2D eigenvalue weighted by atomic mass is 32.2. The topological polar surface area (TPSA) is 298 Å². The minimum Gasteiger partial charge on any atom is -1.00 e. The van der Waals surface area contributed by atoms with Gasteiger partial charge in [-0.1, -0.05) is 26.0 Å². The van der Waals surface area contributed by atoms with E-state index < -0.39 is 46.2 Å². The maximum absolute atomic E-state index is 11.5. The number of rotatable bonds is 12. The lowest BCUT2D eigenvalue weighted by molar-refractivity contribution is -0.671. The fourth-order valence-electron chi connectivity index (χ4n) is 2.61. The summed E-state index contributed by atoms with van der Waals surface area (Å²) in [6, 6.07) is 1.28. The summed E-state index contributed by atoms with van der Waals surface area (Å²) >= 11 is 0. The molecule has 3 aromatic rings. The molecule has 65 heavy (non-hydrogen) atoms. The largest absolute Gasteiger partial charge is 1.00 e. The number of aliphatic imine (C=N–C) groups is 1. The number of hydrogen-bond acceptors (Lipinski definition) is 12. The van der Waals surface area contributed by atoms with Crippen LogP contribution in [0.4, 0.5) is 30.5 Å². The molecule has 0 saturated heterocycles. The molecule has 0 unspecified atom stereocenters. The number of hydrogen-bond donors (Lipinski definition) is 8. The average Bonchev–Trinajstić information content (AvgIpc) is 3.98. The van der Waals surface area contributed by atoms with Crippen LogP contribution in [0.2, 0.25) is 0 Å². The number of aromatic nitrogens is 6. The van der Waals surface area contributed by atoms with E-state index >= 15 is 0 Å². The van der Waals surface area contributed by atoms with Crippen molar-refractivity contribution in [3.63, 3.8) is 0 Å². The van der Waals surface area contributed by atoms with Gasteiger partial charge in [0.25, 0.3) is 0 Å². The zero-order chi connectivity index (χ0) is 51.7. The van der Waals surface area contributed by atoms with E-state index in [1.165, 1.54) is 25.0 Å². The van der Waals surface area contributed by atoms with Crippen LogP contribution >= 0.6 is 0 Å². The van der Waals surface area contributed by atoms with Crippen LogP contribution in [-0.4, -0.2) is 150 Å². The molecular formula is C34H65BF8N9O11S2+. The quantitative estimate of drug-likeness (QED) is 0.0172. The third kappa shape index (κ3) is 66.3. The zero-order valence-electron chi connectivity index (χ0n) is 37.2. The molecule has 3 aromatic heterocycles. The zero-order valence-corrected chi connectivity index (χ0v) is 38.8. The summed E-state index contributed by atoms with van der Waals surface area (Å²) in [6.07, 6.45) is 22.1. The molecule has 8 N–H and O–H groups in total. The maximum atomic E-state index is 11.5. The van der Waals surface area contributed by atoms with E-state index in [4.69, 9.17) is 51.0 Å². The molecule has 0 bridgehead atoms. The number of alkyl halides is 4. The summed E-state index contributed by atoms with van der Waals surface area (Å²) < 4.78 is 122. The van der Waals surface area contributed by atoms with Gasteiger partial charge in [-0.2, -0.15) is 22.5 Å². The van der Waals surface area contributed by atoms with Gasteiger partial charge in [-0.3, -0.25) is 21.7 Å². The van der Waals surface area contributed by atoms with Crippen molar-refractivity contribution in [2.24, 2.45) is 26.1 Å². The highest BCUT2D eigenvalue weighted by molar-refractivity contribution is 7.86. The Balaban J connectivity index is -0.0000000945. The smallest absolute Gasteiger partial charge is 0.762 e. The number of allylic oxidation sites excluding steroid dienone is 1. The first kappa shape index (κ1) is 77.7. The molecule has 0 radical (unpaired) electrons. The van der Waals surface area contributed by atoms with E-state index in [2.05, 4.69) is 74.9 Å².